The van der Waals surface area contributed by atoms with Crippen molar-refractivity contribution in [3.05, 3.63) is 116 Å². The molecule has 2 aromatic carbocycles. The van der Waals surface area contributed by atoms with Gasteiger partial charge in [0.1, 0.15) is 5.82 Å². The Kier molecular flexibility index (Phi) is 27.7. The molecule has 0 amide bonds. The van der Waals surface area contributed by atoms with Crippen LogP contribution >= 0.6 is 0 Å². The third kappa shape index (κ3) is 22.7. The molecule has 0 aliphatic carbocycles. The van der Waals surface area contributed by atoms with Crippen LogP contribution in [0.2, 0.25) is 0 Å². The molecule has 0 radical (unpaired) electrons. The Hall–Kier alpha value is -2.95. The lowest BCUT2D eigenvalue weighted by Crippen LogP contribution is -2.46. The van der Waals surface area contributed by atoms with Gasteiger partial charge in [0.15, 0.2) is 0 Å². The van der Waals surface area contributed by atoms with E-state index >= 15 is 0 Å². The molecule has 1 heterocycles. The molecule has 0 spiro atoms. The second kappa shape index (κ2) is 26.6. The Balaban J connectivity index is -0.000000596. The molecule has 39 heavy (non-hydrogen) atoms. The van der Waals surface area contributed by atoms with E-state index in [9.17, 15) is 9.50 Å². The molecule has 0 aromatic heterocycles. The maximum absolute atomic E-state index is 12.8. The van der Waals surface area contributed by atoms with Crippen LogP contribution in [0.15, 0.2) is 104 Å². The maximum Gasteiger partial charge on any atom is 0.123 e. The van der Waals surface area contributed by atoms with Crippen molar-refractivity contribution in [2.24, 2.45) is 5.92 Å². The Morgan fingerprint density at radius 3 is 1.74 bits per heavy atom. The van der Waals surface area contributed by atoms with Gasteiger partial charge in [-0.1, -0.05) is 74.9 Å². The lowest BCUT2D eigenvalue weighted by Gasteiger charge is -2.41. The van der Waals surface area contributed by atoms with Crippen LogP contribution in [-0.4, -0.2) is 29.9 Å². The number of halogens is 1. The van der Waals surface area contributed by atoms with E-state index in [1.807, 2.05) is 26.8 Å². The van der Waals surface area contributed by atoms with Gasteiger partial charge in [-0.3, -0.25) is 0 Å². The van der Waals surface area contributed by atoms with Crippen molar-refractivity contribution in [2.45, 2.75) is 73.8 Å². The number of hydrogen-bond acceptors (Lipinski definition) is 3. The molecule has 1 aliphatic heterocycles. The lowest BCUT2D eigenvalue weighted by molar-refractivity contribution is 0.153. The van der Waals surface area contributed by atoms with Crippen molar-refractivity contribution < 1.29 is 14.6 Å². The Morgan fingerprint density at radius 2 is 1.38 bits per heavy atom. The summed E-state index contributed by atoms with van der Waals surface area (Å²) >= 11 is 0. The first-order valence-electron chi connectivity index (χ1n) is 13.4. The maximum atomic E-state index is 12.8. The van der Waals surface area contributed by atoms with Gasteiger partial charge in [-0.2, -0.15) is 0 Å². The number of para-hydroxylation sites is 1. The van der Waals surface area contributed by atoms with Crippen LogP contribution < -0.4 is 4.90 Å². The average Bonchev–Trinajstić information content (AvgIpc) is 2.90. The summed E-state index contributed by atoms with van der Waals surface area (Å²) in [5, 5.41) is 17.9. The molecule has 1 unspecified atom stereocenters. The molecule has 1 fully saturated rings. The van der Waals surface area contributed by atoms with Gasteiger partial charge in [-0.05, 0) is 82.2 Å². The van der Waals surface area contributed by atoms with Crippen LogP contribution in [-0.2, 0) is 0 Å². The largest absolute Gasteiger partial charge is 0.392 e. The molecule has 1 aliphatic rings. The van der Waals surface area contributed by atoms with E-state index < -0.39 is 6.10 Å². The molecule has 2 aromatic rings. The van der Waals surface area contributed by atoms with E-state index in [1.165, 1.54) is 35.0 Å². The highest BCUT2D eigenvalue weighted by atomic mass is 19.1. The van der Waals surface area contributed by atoms with Crippen molar-refractivity contribution in [1.82, 2.24) is 0 Å². The molecule has 2 N–H and O–H groups in total. The summed E-state index contributed by atoms with van der Waals surface area (Å²) < 4.78 is 12.8. The Bertz CT molecular complexity index is 857. The van der Waals surface area contributed by atoms with Crippen LogP contribution in [0.4, 0.5) is 10.1 Å². The molecule has 0 saturated carbocycles. The summed E-state index contributed by atoms with van der Waals surface area (Å²) in [4.78, 5) is 2.36. The number of anilines is 1. The minimum absolute atomic E-state index is 0. The lowest BCUT2D eigenvalue weighted by atomic mass is 9.91. The average molecular weight is 542 g/mol. The summed E-state index contributed by atoms with van der Waals surface area (Å²) in [7, 11) is 0. The van der Waals surface area contributed by atoms with Crippen LogP contribution in [0, 0.1) is 11.7 Å². The zero-order valence-corrected chi connectivity index (χ0v) is 24.5. The van der Waals surface area contributed by atoms with Crippen molar-refractivity contribution in [1.29, 1.82) is 0 Å². The number of aliphatic hydroxyl groups is 2. The van der Waals surface area contributed by atoms with Crippen LogP contribution in [0.5, 0.6) is 0 Å². The predicted molar refractivity (Wildman–Crippen MR) is 173 cm³/mol. The van der Waals surface area contributed by atoms with Gasteiger partial charge in [0.25, 0.3) is 0 Å². The van der Waals surface area contributed by atoms with Crippen molar-refractivity contribution in [3.8, 4) is 0 Å². The van der Waals surface area contributed by atoms with E-state index in [4.69, 9.17) is 5.11 Å². The number of aliphatic hydroxyl groups excluding tert-OH is 2. The smallest absolute Gasteiger partial charge is 0.123 e. The molecule has 1 atom stereocenters. The summed E-state index contributed by atoms with van der Waals surface area (Å²) in [6, 6.07) is 16.5. The monoisotopic (exact) mass is 541 g/mol. The summed E-state index contributed by atoms with van der Waals surface area (Å²) in [5.74, 6) is 0.378. The fourth-order valence-electron chi connectivity index (χ4n) is 2.85. The number of hydrogen-bond donors (Lipinski definition) is 2. The van der Waals surface area contributed by atoms with Crippen molar-refractivity contribution in [3.63, 3.8) is 0 Å². The van der Waals surface area contributed by atoms with Gasteiger partial charge in [-0.25, -0.2) is 4.39 Å². The van der Waals surface area contributed by atoms with Gasteiger partial charge in [-0.15, -0.1) is 26.3 Å². The quantitative estimate of drug-likeness (QED) is 0.327. The first-order valence-corrected chi connectivity index (χ1v) is 13.4. The fraction of sp³-hybridized carbons (Fsp3) is 0.429. The summed E-state index contributed by atoms with van der Waals surface area (Å²) in [5.41, 5.74) is 4.58. The molecule has 3 rings (SSSR count). The summed E-state index contributed by atoms with van der Waals surface area (Å²) in [6.45, 7) is 26.3. The molecule has 0 bridgehead atoms. The fourth-order valence-corrected chi connectivity index (χ4v) is 2.85. The molecule has 220 valence electrons. The number of rotatable bonds is 8. The predicted octanol–water partition coefficient (Wildman–Crippen LogP) is 9.71. The van der Waals surface area contributed by atoms with E-state index in [0.29, 0.717) is 5.92 Å². The summed E-state index contributed by atoms with van der Waals surface area (Å²) in [6.07, 6.45) is 6.65. The first kappa shape index (κ1) is 40.5. The third-order valence-corrected chi connectivity index (χ3v) is 5.52. The molecular weight excluding hydrogens is 485 g/mol. The van der Waals surface area contributed by atoms with E-state index in [-0.39, 0.29) is 19.9 Å². The minimum atomic E-state index is -0.489. The van der Waals surface area contributed by atoms with Crippen molar-refractivity contribution in [2.75, 3.05) is 24.6 Å². The van der Waals surface area contributed by atoms with E-state index in [2.05, 4.69) is 69.3 Å². The third-order valence-electron chi connectivity index (χ3n) is 5.52. The van der Waals surface area contributed by atoms with Crippen molar-refractivity contribution >= 4 is 5.69 Å². The molecule has 3 nitrogen and oxygen atoms in total. The highest BCUT2D eigenvalue weighted by molar-refractivity contribution is 5.48. The SMILES string of the molecule is C.C=C(C)CC.C=C(C)CC.C=CC.C=CCO.OC(CCC1CN(c2ccccc2)C1)c1ccc(F)cc1. The second-order valence-electron chi connectivity index (χ2n) is 9.25. The van der Waals surface area contributed by atoms with Crippen LogP contribution in [0.3, 0.4) is 0 Å². The zero-order valence-electron chi connectivity index (χ0n) is 24.5. The number of benzene rings is 2. The highest BCUT2D eigenvalue weighted by Gasteiger charge is 2.27. The van der Waals surface area contributed by atoms with Gasteiger partial charge >= 0.3 is 0 Å². The second-order valence-corrected chi connectivity index (χ2v) is 9.25. The highest BCUT2D eigenvalue weighted by Crippen LogP contribution is 2.29. The standard InChI is InChI=1S/C18H20FNO.2C5H10.C3H6O.C3H6.CH4/c19-16-9-7-15(8-10-16)18(21)11-6-14-12-20(13-14)17-4-2-1-3-5-17;2*1-4-5(2)3;1-2-3-4;1-3-2;/h1-5,7-10,14,18,21H,6,11-13H2;2*2,4H2,1,3H3;2,4H,1,3H2;3H,1H2,2H3;1H4. The molecular formula is C35H56FNO2. The normalized spacial score (nSPS) is 11.8. The van der Waals surface area contributed by atoms with E-state index in [0.717, 1.165) is 44.3 Å². The Morgan fingerprint density at radius 1 is 0.974 bits per heavy atom. The van der Waals surface area contributed by atoms with Gasteiger partial charge in [0, 0.05) is 18.8 Å². The Labute approximate surface area is 240 Å². The zero-order chi connectivity index (χ0) is 29.3. The van der Waals surface area contributed by atoms with Crippen LogP contribution in [0.1, 0.15) is 79.4 Å². The van der Waals surface area contributed by atoms with Gasteiger partial charge in [0.05, 0.1) is 12.7 Å². The van der Waals surface area contributed by atoms with Gasteiger partial charge in [0.2, 0.25) is 0 Å². The van der Waals surface area contributed by atoms with Gasteiger partial charge < -0.3 is 15.1 Å². The first-order chi connectivity index (χ1) is 18.1. The number of nitrogens with zero attached hydrogens (tertiary/aromatic N) is 1. The minimum Gasteiger partial charge on any atom is -0.392 e. The van der Waals surface area contributed by atoms with E-state index in [1.54, 1.807) is 18.2 Å². The van der Waals surface area contributed by atoms with Crippen LogP contribution in [0.25, 0.3) is 0 Å². The molecule has 1 saturated heterocycles. The molecule has 4 heteroatoms. The number of allylic oxidation sites excluding steroid dienone is 3. The topological polar surface area (TPSA) is 43.7 Å².